The number of aromatic nitrogens is 2. The van der Waals surface area contributed by atoms with Crippen LogP contribution in [0.5, 0.6) is 0 Å². The van der Waals surface area contributed by atoms with E-state index in [0.29, 0.717) is 37.9 Å². The summed E-state index contributed by atoms with van der Waals surface area (Å²) in [5.41, 5.74) is 4.60. The second-order valence-corrected chi connectivity index (χ2v) is 11.6. The van der Waals surface area contributed by atoms with Crippen molar-refractivity contribution in [2.24, 2.45) is 5.92 Å². The predicted molar refractivity (Wildman–Crippen MR) is 154 cm³/mol. The van der Waals surface area contributed by atoms with Gasteiger partial charge < -0.3 is 9.42 Å². The Labute approximate surface area is 231 Å². The molecule has 5 rings (SSSR count). The van der Waals surface area contributed by atoms with Crippen LogP contribution in [0.25, 0.3) is 11.4 Å². The van der Waals surface area contributed by atoms with Crippen LogP contribution in [0, 0.1) is 5.92 Å². The van der Waals surface area contributed by atoms with Gasteiger partial charge in [0.1, 0.15) is 0 Å². The molecule has 202 valence electrons. The summed E-state index contributed by atoms with van der Waals surface area (Å²) in [5, 5.41) is 4.23. The molecule has 6 nitrogen and oxygen atoms in total. The van der Waals surface area contributed by atoms with E-state index in [1.54, 1.807) is 0 Å². The molecular weight excluding hydrogens is 484 g/mol. The Balaban J connectivity index is 1.25. The third kappa shape index (κ3) is 7.01. The van der Waals surface area contributed by atoms with Crippen LogP contribution in [-0.2, 0) is 29.8 Å². The van der Waals surface area contributed by atoms with Gasteiger partial charge in [0, 0.05) is 25.2 Å². The van der Waals surface area contributed by atoms with Gasteiger partial charge >= 0.3 is 0 Å². The molecule has 1 fully saturated rings. The number of amides is 1. The van der Waals surface area contributed by atoms with Crippen molar-refractivity contribution in [1.29, 1.82) is 0 Å². The Morgan fingerprint density at radius 1 is 0.923 bits per heavy atom. The van der Waals surface area contributed by atoms with E-state index in [4.69, 9.17) is 4.52 Å². The van der Waals surface area contributed by atoms with Gasteiger partial charge in [-0.25, -0.2) is 0 Å². The maximum Gasteiger partial charge on any atom is 0.241 e. The van der Waals surface area contributed by atoms with Crippen molar-refractivity contribution in [1.82, 2.24) is 19.9 Å². The maximum absolute atomic E-state index is 13.8. The molecule has 6 heteroatoms. The number of rotatable bonds is 8. The molecule has 0 radical (unpaired) electrons. The third-order valence-corrected chi connectivity index (χ3v) is 7.44. The van der Waals surface area contributed by atoms with Crippen molar-refractivity contribution in [3.63, 3.8) is 0 Å². The molecule has 0 saturated carbocycles. The number of hydrogen-bond donors (Lipinski definition) is 0. The van der Waals surface area contributed by atoms with Gasteiger partial charge in [-0.3, -0.25) is 9.69 Å². The largest absolute Gasteiger partial charge is 0.338 e. The van der Waals surface area contributed by atoms with Crippen LogP contribution < -0.4 is 0 Å². The minimum atomic E-state index is -0.0569. The minimum Gasteiger partial charge on any atom is -0.338 e. The van der Waals surface area contributed by atoms with Crippen molar-refractivity contribution >= 4 is 5.91 Å². The van der Waals surface area contributed by atoms with E-state index in [-0.39, 0.29) is 17.2 Å². The standard InChI is InChI=1S/C33H38N4O2/c1-33(2,3)29-18-16-27(17-19-29)31-34-30(39-35-31)24-36-20-10-15-28(23-36)32(38)37(21-25-11-6-4-7-12-25)22-26-13-8-5-9-14-26/h4-9,11-14,16-19,28H,10,15,20-24H2,1-3H3. The smallest absolute Gasteiger partial charge is 0.241 e. The summed E-state index contributed by atoms with van der Waals surface area (Å²) in [6.07, 6.45) is 1.86. The quantitative estimate of drug-likeness (QED) is 0.265. The third-order valence-electron chi connectivity index (χ3n) is 7.44. The van der Waals surface area contributed by atoms with E-state index in [9.17, 15) is 4.79 Å². The molecule has 0 aliphatic carbocycles. The van der Waals surface area contributed by atoms with Crippen molar-refractivity contribution < 1.29 is 9.32 Å². The Bertz CT molecular complexity index is 1300. The fourth-order valence-corrected chi connectivity index (χ4v) is 5.23. The fourth-order valence-electron chi connectivity index (χ4n) is 5.23. The average molecular weight is 523 g/mol. The van der Waals surface area contributed by atoms with E-state index in [1.807, 2.05) is 41.3 Å². The molecule has 1 unspecified atom stereocenters. The highest BCUT2D eigenvalue weighted by atomic mass is 16.5. The Morgan fingerprint density at radius 3 is 2.13 bits per heavy atom. The first kappa shape index (κ1) is 26.8. The molecule has 0 bridgehead atoms. The zero-order chi connectivity index (χ0) is 27.2. The summed E-state index contributed by atoms with van der Waals surface area (Å²) in [5.74, 6) is 1.34. The monoisotopic (exact) mass is 522 g/mol. The second kappa shape index (κ2) is 12.0. The van der Waals surface area contributed by atoms with Crippen LogP contribution in [0.3, 0.4) is 0 Å². The molecule has 1 aliphatic heterocycles. The lowest BCUT2D eigenvalue weighted by Gasteiger charge is -2.34. The van der Waals surface area contributed by atoms with Crippen LogP contribution in [0.1, 0.15) is 56.2 Å². The van der Waals surface area contributed by atoms with E-state index < -0.39 is 0 Å². The number of benzene rings is 3. The van der Waals surface area contributed by atoms with Gasteiger partial charge in [0.15, 0.2) is 0 Å². The lowest BCUT2D eigenvalue weighted by atomic mass is 9.87. The summed E-state index contributed by atoms with van der Waals surface area (Å²) in [4.78, 5) is 22.8. The van der Waals surface area contributed by atoms with Gasteiger partial charge in [-0.1, -0.05) is 111 Å². The maximum atomic E-state index is 13.8. The lowest BCUT2D eigenvalue weighted by Crippen LogP contribution is -2.44. The molecule has 1 amide bonds. The molecular formula is C33H38N4O2. The first-order chi connectivity index (χ1) is 18.8. The zero-order valence-corrected chi connectivity index (χ0v) is 23.2. The summed E-state index contributed by atoms with van der Waals surface area (Å²) in [7, 11) is 0. The normalized spacial score (nSPS) is 16.2. The highest BCUT2D eigenvalue weighted by Crippen LogP contribution is 2.26. The summed E-state index contributed by atoms with van der Waals surface area (Å²) < 4.78 is 5.62. The lowest BCUT2D eigenvalue weighted by molar-refractivity contribution is -0.138. The summed E-state index contributed by atoms with van der Waals surface area (Å²) in [6.45, 7) is 9.97. The van der Waals surface area contributed by atoms with Crippen molar-refractivity contribution in [2.45, 2.75) is 58.7 Å². The predicted octanol–water partition coefficient (Wildman–Crippen LogP) is 6.48. The number of nitrogens with zero attached hydrogens (tertiary/aromatic N) is 4. The van der Waals surface area contributed by atoms with Crippen molar-refractivity contribution in [3.05, 3.63) is 108 Å². The number of piperidine rings is 1. The topological polar surface area (TPSA) is 62.5 Å². The van der Waals surface area contributed by atoms with Gasteiger partial charge in [0.2, 0.25) is 17.6 Å². The van der Waals surface area contributed by atoms with E-state index >= 15 is 0 Å². The van der Waals surface area contributed by atoms with Gasteiger partial charge in [0.05, 0.1) is 12.5 Å². The van der Waals surface area contributed by atoms with Gasteiger partial charge in [-0.2, -0.15) is 4.98 Å². The molecule has 1 aromatic heterocycles. The first-order valence-electron chi connectivity index (χ1n) is 13.9. The molecule has 2 heterocycles. The molecule has 1 saturated heterocycles. The van der Waals surface area contributed by atoms with Crippen LogP contribution in [0.15, 0.2) is 89.5 Å². The molecule has 39 heavy (non-hydrogen) atoms. The molecule has 4 aromatic rings. The van der Waals surface area contributed by atoms with Gasteiger partial charge in [0.25, 0.3) is 0 Å². The fraction of sp³-hybridized carbons (Fsp3) is 0.364. The van der Waals surface area contributed by atoms with Crippen molar-refractivity contribution in [3.8, 4) is 11.4 Å². The SMILES string of the molecule is CC(C)(C)c1ccc(-c2noc(CN3CCCC(C(=O)N(Cc4ccccc4)Cc4ccccc4)C3)n2)cc1. The molecule has 3 aromatic carbocycles. The number of hydrogen-bond acceptors (Lipinski definition) is 5. The average Bonchev–Trinajstić information content (AvgIpc) is 3.41. The molecule has 1 atom stereocenters. The van der Waals surface area contributed by atoms with Crippen LogP contribution >= 0.6 is 0 Å². The van der Waals surface area contributed by atoms with Crippen LogP contribution in [0.4, 0.5) is 0 Å². The molecule has 1 aliphatic rings. The summed E-state index contributed by atoms with van der Waals surface area (Å²) in [6, 6.07) is 28.8. The number of likely N-dealkylation sites (tertiary alicyclic amines) is 1. The highest BCUT2D eigenvalue weighted by molar-refractivity contribution is 5.79. The van der Waals surface area contributed by atoms with E-state index in [0.717, 1.165) is 36.1 Å². The Hall–Kier alpha value is -3.77. The van der Waals surface area contributed by atoms with Gasteiger partial charge in [-0.05, 0) is 41.5 Å². The van der Waals surface area contributed by atoms with Crippen molar-refractivity contribution in [2.75, 3.05) is 13.1 Å². The highest BCUT2D eigenvalue weighted by Gasteiger charge is 2.30. The number of carbonyl (C=O) groups excluding carboxylic acids is 1. The minimum absolute atomic E-state index is 0.0569. The molecule has 0 N–H and O–H groups in total. The Kier molecular flexibility index (Phi) is 8.22. The van der Waals surface area contributed by atoms with Crippen LogP contribution in [-0.4, -0.2) is 38.9 Å². The Morgan fingerprint density at radius 2 is 1.54 bits per heavy atom. The van der Waals surface area contributed by atoms with E-state index in [1.165, 1.54) is 5.56 Å². The zero-order valence-electron chi connectivity index (χ0n) is 23.2. The van der Waals surface area contributed by atoms with Crippen LogP contribution in [0.2, 0.25) is 0 Å². The first-order valence-corrected chi connectivity index (χ1v) is 13.9. The number of carbonyl (C=O) groups is 1. The van der Waals surface area contributed by atoms with Gasteiger partial charge in [-0.15, -0.1) is 0 Å². The second-order valence-electron chi connectivity index (χ2n) is 11.6. The molecule has 0 spiro atoms. The summed E-state index contributed by atoms with van der Waals surface area (Å²) >= 11 is 0. The van der Waals surface area contributed by atoms with E-state index in [2.05, 4.69) is 84.3 Å².